The first kappa shape index (κ1) is 22.4. The van der Waals surface area contributed by atoms with E-state index in [-0.39, 0.29) is 19.0 Å². The molecule has 3 rings (SSSR count). The monoisotopic (exact) mass is 434 g/mol. The predicted molar refractivity (Wildman–Crippen MR) is 114 cm³/mol. The Morgan fingerprint density at radius 2 is 1.90 bits per heavy atom. The Morgan fingerprint density at radius 1 is 1.20 bits per heavy atom. The van der Waals surface area contributed by atoms with E-state index >= 15 is 0 Å². The smallest absolute Gasteiger partial charge is 0.253 e. The lowest BCUT2D eigenvalue weighted by atomic mass is 9.89. The fraction of sp³-hybridized carbons (Fsp3) is 0.409. The van der Waals surface area contributed by atoms with Crippen LogP contribution < -0.4 is 14.8 Å². The molecule has 30 heavy (non-hydrogen) atoms. The number of halogens is 1. The third-order valence-corrected chi connectivity index (χ3v) is 5.60. The molecule has 7 nitrogen and oxygen atoms in total. The molecule has 162 valence electrons. The van der Waals surface area contributed by atoms with Gasteiger partial charge in [-0.1, -0.05) is 17.7 Å². The van der Waals surface area contributed by atoms with Gasteiger partial charge in [0.15, 0.2) is 11.5 Å². The molecule has 1 fully saturated rings. The fourth-order valence-electron chi connectivity index (χ4n) is 3.60. The van der Waals surface area contributed by atoms with Gasteiger partial charge in [0, 0.05) is 30.2 Å². The number of hydrogen-bond donors (Lipinski definition) is 3. The zero-order valence-electron chi connectivity index (χ0n) is 17.1. The fourth-order valence-corrected chi connectivity index (χ4v) is 3.72. The Kier molecular flexibility index (Phi) is 7.20. The van der Waals surface area contributed by atoms with Gasteiger partial charge < -0.3 is 29.9 Å². The number of nitrogens with one attached hydrogen (secondary N) is 1. The van der Waals surface area contributed by atoms with Gasteiger partial charge in [-0.15, -0.1) is 0 Å². The maximum Gasteiger partial charge on any atom is 0.253 e. The number of carbonyl (C=O) groups is 1. The Morgan fingerprint density at radius 3 is 2.57 bits per heavy atom. The molecule has 1 saturated heterocycles. The van der Waals surface area contributed by atoms with Crippen molar-refractivity contribution in [3.05, 3.63) is 58.6 Å². The van der Waals surface area contributed by atoms with Crippen molar-refractivity contribution in [2.45, 2.75) is 24.7 Å². The highest BCUT2D eigenvalue weighted by Gasteiger charge is 2.42. The largest absolute Gasteiger partial charge is 0.493 e. The van der Waals surface area contributed by atoms with Gasteiger partial charge in [0.1, 0.15) is 5.60 Å². The third kappa shape index (κ3) is 5.05. The molecule has 0 aliphatic carbocycles. The van der Waals surface area contributed by atoms with Crippen LogP contribution >= 0.6 is 11.6 Å². The summed E-state index contributed by atoms with van der Waals surface area (Å²) in [6, 6.07) is 12.2. The second-order valence-corrected chi connectivity index (χ2v) is 7.87. The average Bonchev–Trinajstić information content (AvgIpc) is 2.75. The highest BCUT2D eigenvalue weighted by atomic mass is 35.5. The van der Waals surface area contributed by atoms with E-state index in [1.54, 1.807) is 43.4 Å². The molecule has 2 aromatic carbocycles. The zero-order chi connectivity index (χ0) is 21.7. The van der Waals surface area contributed by atoms with Gasteiger partial charge >= 0.3 is 0 Å². The highest BCUT2D eigenvalue weighted by molar-refractivity contribution is 6.30. The number of nitrogens with zero attached hydrogens (tertiary/aromatic N) is 1. The second-order valence-electron chi connectivity index (χ2n) is 7.43. The minimum atomic E-state index is -1.45. The lowest BCUT2D eigenvalue weighted by Crippen LogP contribution is -2.62. The van der Waals surface area contributed by atoms with E-state index in [1.165, 1.54) is 0 Å². The van der Waals surface area contributed by atoms with Gasteiger partial charge in [0.25, 0.3) is 5.91 Å². The normalized spacial score (nSPS) is 21.4. The maximum absolute atomic E-state index is 12.8. The number of aliphatic hydroxyl groups is 2. The average molecular weight is 435 g/mol. The standard InChI is InChI=1S/C22H27ClN2O5/c1-29-18-8-3-15(11-19(18)30-2)12-24-13-22(28)14-25(10-9-20(22)26)21(27)16-4-6-17(23)7-5-16/h3-8,11,20,24,26,28H,9-10,12-14H2,1-2H3/t20-,22+/m1/s1. The molecule has 2 atom stereocenters. The topological polar surface area (TPSA) is 91.3 Å². The van der Waals surface area contributed by atoms with Crippen molar-refractivity contribution in [3.63, 3.8) is 0 Å². The lowest BCUT2D eigenvalue weighted by molar-refractivity contribution is -0.111. The molecule has 0 radical (unpaired) electrons. The van der Waals surface area contributed by atoms with Gasteiger partial charge in [-0.25, -0.2) is 0 Å². The Bertz CT molecular complexity index is 876. The third-order valence-electron chi connectivity index (χ3n) is 5.34. The van der Waals surface area contributed by atoms with Gasteiger partial charge in [-0.05, 0) is 48.4 Å². The zero-order valence-corrected chi connectivity index (χ0v) is 17.9. The lowest BCUT2D eigenvalue weighted by Gasteiger charge is -2.42. The van der Waals surface area contributed by atoms with Gasteiger partial charge in [-0.2, -0.15) is 0 Å². The summed E-state index contributed by atoms with van der Waals surface area (Å²) in [5, 5.41) is 25.2. The molecule has 3 N–H and O–H groups in total. The molecule has 2 aromatic rings. The van der Waals surface area contributed by atoms with E-state index in [0.29, 0.717) is 41.6 Å². The molecule has 0 spiro atoms. The van der Waals surface area contributed by atoms with Crippen molar-refractivity contribution in [3.8, 4) is 11.5 Å². The number of ether oxygens (including phenoxy) is 2. The summed E-state index contributed by atoms with van der Waals surface area (Å²) in [4.78, 5) is 14.3. The quantitative estimate of drug-likeness (QED) is 0.618. The Labute approximate surface area is 181 Å². The number of β-amino-alcohol motifs (C(OH)–C–C–N with tert-alkyl or cyclic N) is 1. The summed E-state index contributed by atoms with van der Waals surface area (Å²) in [5.74, 6) is 1.06. The van der Waals surface area contributed by atoms with E-state index in [0.717, 1.165) is 5.56 Å². The molecule has 0 bridgehead atoms. The van der Waals surface area contributed by atoms with Crippen LogP contribution in [-0.2, 0) is 6.54 Å². The molecule has 1 aliphatic heterocycles. The van der Waals surface area contributed by atoms with Crippen molar-refractivity contribution in [1.82, 2.24) is 10.2 Å². The molecule has 0 unspecified atom stereocenters. The second kappa shape index (κ2) is 9.66. The van der Waals surface area contributed by atoms with E-state index < -0.39 is 11.7 Å². The number of aliphatic hydroxyl groups excluding tert-OH is 1. The Balaban J connectivity index is 1.62. The Hall–Kier alpha value is -2.32. The van der Waals surface area contributed by atoms with Crippen molar-refractivity contribution in [2.75, 3.05) is 33.9 Å². The SMILES string of the molecule is COc1ccc(CNC[C@]2(O)CN(C(=O)c3ccc(Cl)cc3)CC[C@H]2O)cc1OC. The first-order chi connectivity index (χ1) is 14.4. The number of methoxy groups -OCH3 is 2. The first-order valence-corrected chi connectivity index (χ1v) is 10.1. The van der Waals surface area contributed by atoms with Crippen LogP contribution in [0.2, 0.25) is 5.02 Å². The van der Waals surface area contributed by atoms with Crippen LogP contribution in [0.15, 0.2) is 42.5 Å². The van der Waals surface area contributed by atoms with Crippen molar-refractivity contribution in [1.29, 1.82) is 0 Å². The molecule has 1 aliphatic rings. The molecule has 0 aromatic heterocycles. The highest BCUT2D eigenvalue weighted by Crippen LogP contribution is 2.28. The summed E-state index contributed by atoms with van der Waals surface area (Å²) >= 11 is 5.89. The molecule has 1 heterocycles. The number of piperidine rings is 1. The molecular formula is C22H27ClN2O5. The summed E-state index contributed by atoms with van der Waals surface area (Å²) < 4.78 is 10.5. The van der Waals surface area contributed by atoms with E-state index in [4.69, 9.17) is 21.1 Å². The summed E-state index contributed by atoms with van der Waals surface area (Å²) in [6.07, 6.45) is -0.627. The van der Waals surface area contributed by atoms with Crippen LogP contribution in [0.3, 0.4) is 0 Å². The number of carbonyl (C=O) groups excluding carboxylic acids is 1. The van der Waals surface area contributed by atoms with Crippen molar-refractivity contribution in [2.24, 2.45) is 0 Å². The summed E-state index contributed by atoms with van der Waals surface area (Å²) in [5.41, 5.74) is -0.0104. The molecule has 8 heteroatoms. The number of benzene rings is 2. The first-order valence-electron chi connectivity index (χ1n) is 9.73. The van der Waals surface area contributed by atoms with Crippen LogP contribution in [0.1, 0.15) is 22.3 Å². The minimum absolute atomic E-state index is 0.0363. The number of likely N-dealkylation sites (tertiary alicyclic amines) is 1. The van der Waals surface area contributed by atoms with E-state index in [9.17, 15) is 15.0 Å². The van der Waals surface area contributed by atoms with Crippen LogP contribution in [0.25, 0.3) is 0 Å². The molecule has 0 saturated carbocycles. The molecular weight excluding hydrogens is 408 g/mol. The van der Waals surface area contributed by atoms with Gasteiger partial charge in [0.2, 0.25) is 0 Å². The van der Waals surface area contributed by atoms with Crippen molar-refractivity contribution >= 4 is 17.5 Å². The number of hydrogen-bond acceptors (Lipinski definition) is 6. The molecule has 1 amide bonds. The van der Waals surface area contributed by atoms with Crippen LogP contribution in [0.5, 0.6) is 11.5 Å². The van der Waals surface area contributed by atoms with Gasteiger partial charge in [0.05, 0.1) is 26.9 Å². The van der Waals surface area contributed by atoms with Crippen molar-refractivity contribution < 1.29 is 24.5 Å². The number of amides is 1. The summed E-state index contributed by atoms with van der Waals surface area (Å²) in [6.45, 7) is 1.00. The summed E-state index contributed by atoms with van der Waals surface area (Å²) in [7, 11) is 3.15. The van der Waals surface area contributed by atoms with E-state index in [1.807, 2.05) is 18.2 Å². The van der Waals surface area contributed by atoms with Gasteiger partial charge in [-0.3, -0.25) is 4.79 Å². The maximum atomic E-state index is 12.8. The minimum Gasteiger partial charge on any atom is -0.493 e. The number of rotatable bonds is 7. The van der Waals surface area contributed by atoms with Crippen LogP contribution in [0, 0.1) is 0 Å². The van der Waals surface area contributed by atoms with Crippen LogP contribution in [-0.4, -0.2) is 66.6 Å². The predicted octanol–water partition coefficient (Wildman–Crippen LogP) is 2.08. The van der Waals surface area contributed by atoms with E-state index in [2.05, 4.69) is 5.32 Å². The van der Waals surface area contributed by atoms with Crippen LogP contribution in [0.4, 0.5) is 0 Å².